The molecule has 1 atom stereocenters. The van der Waals surface area contributed by atoms with Gasteiger partial charge in [0.25, 0.3) is 0 Å². The van der Waals surface area contributed by atoms with Gasteiger partial charge in [0, 0.05) is 24.3 Å². The zero-order valence-electron chi connectivity index (χ0n) is 10.9. The van der Waals surface area contributed by atoms with E-state index in [0.29, 0.717) is 11.6 Å². The molecular formula is C14H18ClN3O. The van der Waals surface area contributed by atoms with E-state index in [-0.39, 0.29) is 6.04 Å². The smallest absolute Gasteiger partial charge is 0.120 e. The number of nitrogens with two attached hydrogens (primary N) is 1. The highest BCUT2D eigenvalue weighted by Crippen LogP contribution is 2.17. The molecule has 0 aliphatic heterocycles. The molecular weight excluding hydrogens is 262 g/mol. The topological polar surface area (TPSA) is 53.1 Å². The summed E-state index contributed by atoms with van der Waals surface area (Å²) < 4.78 is 7.41. The van der Waals surface area contributed by atoms with Crippen LogP contribution in [0.5, 0.6) is 5.75 Å². The molecule has 19 heavy (non-hydrogen) atoms. The first-order valence-corrected chi connectivity index (χ1v) is 6.63. The summed E-state index contributed by atoms with van der Waals surface area (Å²) >= 11 is 5.88. The number of ether oxygens (including phenoxy) is 1. The average molecular weight is 280 g/mol. The monoisotopic (exact) mass is 279 g/mol. The molecule has 0 aliphatic rings. The molecule has 2 rings (SSSR count). The van der Waals surface area contributed by atoms with E-state index in [2.05, 4.69) is 5.10 Å². The Morgan fingerprint density at radius 1 is 1.47 bits per heavy atom. The molecule has 1 heterocycles. The van der Waals surface area contributed by atoms with Crippen LogP contribution in [0, 0.1) is 0 Å². The molecule has 2 N–H and O–H groups in total. The fraction of sp³-hybridized carbons (Fsp3) is 0.357. The molecule has 102 valence electrons. The Hall–Kier alpha value is -1.52. The summed E-state index contributed by atoms with van der Waals surface area (Å²) in [6.07, 6.45) is 5.65. The second-order valence-electron chi connectivity index (χ2n) is 4.59. The number of benzene rings is 1. The molecule has 1 aromatic carbocycles. The van der Waals surface area contributed by atoms with Crippen molar-refractivity contribution in [3.05, 3.63) is 47.2 Å². The Labute approximate surface area is 118 Å². The van der Waals surface area contributed by atoms with Gasteiger partial charge >= 0.3 is 0 Å². The van der Waals surface area contributed by atoms with E-state index in [1.807, 2.05) is 37.6 Å². The van der Waals surface area contributed by atoms with E-state index in [9.17, 15) is 0 Å². The minimum atomic E-state index is -0.000752. The third-order valence-corrected chi connectivity index (χ3v) is 3.06. The number of aromatic nitrogens is 2. The quantitative estimate of drug-likeness (QED) is 0.883. The third kappa shape index (κ3) is 4.58. The SMILES string of the molecule is Cn1cc(CCC(N)COc2cccc(Cl)c2)cn1. The van der Waals surface area contributed by atoms with Crippen molar-refractivity contribution in [1.82, 2.24) is 9.78 Å². The molecule has 0 saturated heterocycles. The van der Waals surface area contributed by atoms with Gasteiger partial charge in [-0.1, -0.05) is 17.7 Å². The summed E-state index contributed by atoms with van der Waals surface area (Å²) in [5, 5.41) is 4.80. The van der Waals surface area contributed by atoms with Crippen LogP contribution in [-0.4, -0.2) is 22.4 Å². The summed E-state index contributed by atoms with van der Waals surface area (Å²) in [6, 6.07) is 7.34. The molecule has 5 heteroatoms. The van der Waals surface area contributed by atoms with Crippen molar-refractivity contribution in [3.8, 4) is 5.75 Å². The van der Waals surface area contributed by atoms with Crippen LogP contribution in [0.4, 0.5) is 0 Å². The summed E-state index contributed by atoms with van der Waals surface area (Å²) in [4.78, 5) is 0. The summed E-state index contributed by atoms with van der Waals surface area (Å²) in [7, 11) is 1.91. The van der Waals surface area contributed by atoms with Crippen LogP contribution in [0.3, 0.4) is 0 Å². The predicted octanol–water partition coefficient (Wildman–Crippen LogP) is 2.41. The van der Waals surface area contributed by atoms with Crippen molar-refractivity contribution < 1.29 is 4.74 Å². The molecule has 0 bridgehead atoms. The van der Waals surface area contributed by atoms with Crippen LogP contribution >= 0.6 is 11.6 Å². The first-order valence-electron chi connectivity index (χ1n) is 6.25. The highest BCUT2D eigenvalue weighted by molar-refractivity contribution is 6.30. The Bertz CT molecular complexity index is 527. The van der Waals surface area contributed by atoms with Gasteiger partial charge in [-0.05, 0) is 36.6 Å². The Balaban J connectivity index is 1.74. The molecule has 1 aromatic heterocycles. The van der Waals surface area contributed by atoms with Crippen LogP contribution < -0.4 is 10.5 Å². The number of hydrogen-bond acceptors (Lipinski definition) is 3. The van der Waals surface area contributed by atoms with E-state index in [4.69, 9.17) is 22.1 Å². The highest BCUT2D eigenvalue weighted by atomic mass is 35.5. The summed E-state index contributed by atoms with van der Waals surface area (Å²) in [5.74, 6) is 0.754. The maximum atomic E-state index is 6.03. The third-order valence-electron chi connectivity index (χ3n) is 2.82. The largest absolute Gasteiger partial charge is 0.492 e. The van der Waals surface area contributed by atoms with Gasteiger partial charge in [-0.3, -0.25) is 4.68 Å². The Morgan fingerprint density at radius 3 is 3.00 bits per heavy atom. The van der Waals surface area contributed by atoms with E-state index in [1.165, 1.54) is 5.56 Å². The van der Waals surface area contributed by atoms with Crippen molar-refractivity contribution in [3.63, 3.8) is 0 Å². The normalized spacial score (nSPS) is 12.4. The van der Waals surface area contributed by atoms with Crippen LogP contribution in [0.15, 0.2) is 36.7 Å². The lowest BCUT2D eigenvalue weighted by atomic mass is 10.1. The van der Waals surface area contributed by atoms with Crippen LogP contribution in [0.25, 0.3) is 0 Å². The van der Waals surface area contributed by atoms with E-state index in [0.717, 1.165) is 18.6 Å². The number of aryl methyl sites for hydroxylation is 2. The number of nitrogens with zero attached hydrogens (tertiary/aromatic N) is 2. The second-order valence-corrected chi connectivity index (χ2v) is 5.03. The van der Waals surface area contributed by atoms with Crippen molar-refractivity contribution in [2.45, 2.75) is 18.9 Å². The van der Waals surface area contributed by atoms with Crippen molar-refractivity contribution >= 4 is 11.6 Å². The number of hydrogen-bond donors (Lipinski definition) is 1. The second kappa shape index (κ2) is 6.59. The molecule has 0 aliphatic carbocycles. The van der Waals surface area contributed by atoms with Gasteiger partial charge in [0.15, 0.2) is 0 Å². The lowest BCUT2D eigenvalue weighted by Gasteiger charge is -2.12. The molecule has 4 nitrogen and oxygen atoms in total. The van der Waals surface area contributed by atoms with E-state index < -0.39 is 0 Å². The van der Waals surface area contributed by atoms with E-state index >= 15 is 0 Å². The molecule has 0 saturated carbocycles. The maximum Gasteiger partial charge on any atom is 0.120 e. The van der Waals surface area contributed by atoms with Gasteiger partial charge < -0.3 is 10.5 Å². The molecule has 0 fully saturated rings. The molecule has 0 amide bonds. The van der Waals surface area contributed by atoms with Crippen molar-refractivity contribution in [1.29, 1.82) is 0 Å². The molecule has 1 unspecified atom stereocenters. The fourth-order valence-corrected chi connectivity index (χ4v) is 1.98. The standard InChI is InChI=1S/C14H18ClN3O/c1-18-9-11(8-17-18)5-6-13(16)10-19-14-4-2-3-12(15)7-14/h2-4,7-9,13H,5-6,10,16H2,1H3. The molecule has 0 radical (unpaired) electrons. The minimum Gasteiger partial charge on any atom is -0.492 e. The van der Waals surface area contributed by atoms with Gasteiger partial charge in [-0.2, -0.15) is 5.10 Å². The van der Waals surface area contributed by atoms with Gasteiger partial charge in [0.2, 0.25) is 0 Å². The van der Waals surface area contributed by atoms with Gasteiger partial charge in [0.05, 0.1) is 6.20 Å². The van der Waals surface area contributed by atoms with Crippen LogP contribution in [0.1, 0.15) is 12.0 Å². The summed E-state index contributed by atoms with van der Waals surface area (Å²) in [5.41, 5.74) is 7.22. The van der Waals surface area contributed by atoms with E-state index in [1.54, 1.807) is 10.7 Å². The number of halogens is 1. The Kier molecular flexibility index (Phi) is 4.82. The first-order chi connectivity index (χ1) is 9.13. The zero-order chi connectivity index (χ0) is 13.7. The predicted molar refractivity (Wildman–Crippen MR) is 76.5 cm³/mol. The fourth-order valence-electron chi connectivity index (χ4n) is 1.80. The molecule has 2 aromatic rings. The summed E-state index contributed by atoms with van der Waals surface area (Å²) in [6.45, 7) is 0.487. The van der Waals surface area contributed by atoms with Gasteiger partial charge in [-0.25, -0.2) is 0 Å². The van der Waals surface area contributed by atoms with Crippen LogP contribution in [0.2, 0.25) is 5.02 Å². The first kappa shape index (κ1) is 13.9. The average Bonchev–Trinajstić information content (AvgIpc) is 2.80. The lowest BCUT2D eigenvalue weighted by molar-refractivity contribution is 0.282. The van der Waals surface area contributed by atoms with Crippen LogP contribution in [-0.2, 0) is 13.5 Å². The number of rotatable bonds is 6. The minimum absolute atomic E-state index is 0.000752. The molecule has 0 spiro atoms. The van der Waals surface area contributed by atoms with Crippen molar-refractivity contribution in [2.24, 2.45) is 12.8 Å². The Morgan fingerprint density at radius 2 is 2.32 bits per heavy atom. The van der Waals surface area contributed by atoms with Gasteiger partial charge in [0.1, 0.15) is 12.4 Å². The highest BCUT2D eigenvalue weighted by Gasteiger charge is 2.06. The lowest BCUT2D eigenvalue weighted by Crippen LogP contribution is -2.28. The van der Waals surface area contributed by atoms with Crippen molar-refractivity contribution in [2.75, 3.05) is 6.61 Å². The van der Waals surface area contributed by atoms with Gasteiger partial charge in [-0.15, -0.1) is 0 Å². The zero-order valence-corrected chi connectivity index (χ0v) is 11.7. The maximum absolute atomic E-state index is 6.03.